The van der Waals surface area contributed by atoms with E-state index in [4.69, 9.17) is 5.11 Å². The van der Waals surface area contributed by atoms with Crippen molar-refractivity contribution in [3.63, 3.8) is 0 Å². The first-order valence-corrected chi connectivity index (χ1v) is 7.95. The highest BCUT2D eigenvalue weighted by Crippen LogP contribution is 2.17. The van der Waals surface area contributed by atoms with E-state index in [2.05, 4.69) is 26.2 Å². The minimum atomic E-state index is -3.00. The van der Waals surface area contributed by atoms with Crippen LogP contribution < -0.4 is 5.32 Å². The summed E-state index contributed by atoms with van der Waals surface area (Å²) in [5.41, 5.74) is 0.0451. The topological polar surface area (TPSA) is 96.4 Å². The fourth-order valence-corrected chi connectivity index (χ4v) is 2.28. The van der Waals surface area contributed by atoms with Crippen molar-refractivity contribution in [2.24, 2.45) is 0 Å². The molecule has 0 spiro atoms. The van der Waals surface area contributed by atoms with E-state index in [9.17, 15) is 13.2 Å². The summed E-state index contributed by atoms with van der Waals surface area (Å²) in [5.74, 6) is -0.799. The minimum absolute atomic E-state index is 0.0451. The van der Waals surface area contributed by atoms with Crippen LogP contribution in [0.1, 0.15) is 16.8 Å². The van der Waals surface area contributed by atoms with Crippen LogP contribution in [0.2, 0.25) is 0 Å². The Morgan fingerprint density at radius 1 is 1.56 bits per heavy atom. The van der Waals surface area contributed by atoms with Gasteiger partial charge in [0.05, 0.1) is 5.75 Å². The number of nitrogens with one attached hydrogen (secondary N) is 1. The molecule has 1 aromatic heterocycles. The summed E-state index contributed by atoms with van der Waals surface area (Å²) in [4.78, 5) is 14.9. The highest BCUT2D eigenvalue weighted by atomic mass is 79.9. The monoisotopic (exact) mass is 336 g/mol. The molecule has 1 heterocycles. The smallest absolute Gasteiger partial charge is 0.339 e. The Morgan fingerprint density at radius 2 is 2.22 bits per heavy atom. The van der Waals surface area contributed by atoms with Gasteiger partial charge in [0.15, 0.2) is 0 Å². The van der Waals surface area contributed by atoms with Gasteiger partial charge in [-0.3, -0.25) is 0 Å². The SMILES string of the molecule is CS(=O)(=O)CCCNc1ncc(Br)cc1C(=O)O. The van der Waals surface area contributed by atoms with E-state index in [1.807, 2.05) is 0 Å². The molecule has 0 atom stereocenters. The molecule has 0 aliphatic rings. The maximum absolute atomic E-state index is 11.0. The molecule has 0 amide bonds. The van der Waals surface area contributed by atoms with Gasteiger partial charge in [0.2, 0.25) is 0 Å². The van der Waals surface area contributed by atoms with Crippen molar-refractivity contribution in [2.45, 2.75) is 6.42 Å². The van der Waals surface area contributed by atoms with Crippen LogP contribution in [-0.4, -0.2) is 43.0 Å². The zero-order valence-corrected chi connectivity index (χ0v) is 12.1. The molecular formula is C10H13BrN2O4S. The van der Waals surface area contributed by atoms with Crippen molar-refractivity contribution in [3.8, 4) is 0 Å². The highest BCUT2D eigenvalue weighted by Gasteiger charge is 2.11. The van der Waals surface area contributed by atoms with Gasteiger partial charge >= 0.3 is 5.97 Å². The molecular weight excluding hydrogens is 324 g/mol. The minimum Gasteiger partial charge on any atom is -0.478 e. The molecule has 0 aliphatic carbocycles. The van der Waals surface area contributed by atoms with Gasteiger partial charge in [-0.25, -0.2) is 18.2 Å². The second-order valence-corrected chi connectivity index (χ2v) is 6.94. The number of aromatic nitrogens is 1. The molecule has 1 rings (SSSR count). The lowest BCUT2D eigenvalue weighted by Crippen LogP contribution is -2.13. The Morgan fingerprint density at radius 3 is 2.78 bits per heavy atom. The quantitative estimate of drug-likeness (QED) is 0.762. The Hall–Kier alpha value is -1.15. The fourth-order valence-electron chi connectivity index (χ4n) is 1.28. The molecule has 8 heteroatoms. The zero-order valence-electron chi connectivity index (χ0n) is 9.68. The van der Waals surface area contributed by atoms with Crippen LogP contribution in [0.3, 0.4) is 0 Å². The number of hydrogen-bond donors (Lipinski definition) is 2. The molecule has 18 heavy (non-hydrogen) atoms. The third-order valence-corrected chi connectivity index (χ3v) is 3.53. The normalized spacial score (nSPS) is 11.2. The molecule has 0 bridgehead atoms. The van der Waals surface area contributed by atoms with Crippen molar-refractivity contribution in [1.29, 1.82) is 0 Å². The van der Waals surface area contributed by atoms with E-state index in [1.165, 1.54) is 12.3 Å². The van der Waals surface area contributed by atoms with E-state index in [1.54, 1.807) is 0 Å². The first-order chi connectivity index (χ1) is 8.29. The van der Waals surface area contributed by atoms with Crippen LogP contribution in [0.5, 0.6) is 0 Å². The van der Waals surface area contributed by atoms with Crippen molar-refractivity contribution in [2.75, 3.05) is 23.9 Å². The number of rotatable bonds is 6. The van der Waals surface area contributed by atoms with Gasteiger partial charge in [-0.15, -0.1) is 0 Å². The molecule has 0 aromatic carbocycles. The summed E-state index contributed by atoms with van der Waals surface area (Å²) in [6.07, 6.45) is 3.04. The van der Waals surface area contributed by atoms with E-state index in [0.717, 1.165) is 6.26 Å². The lowest BCUT2D eigenvalue weighted by molar-refractivity contribution is 0.0697. The Labute approximate surface area is 113 Å². The molecule has 1 aromatic rings. The number of hydrogen-bond acceptors (Lipinski definition) is 5. The van der Waals surface area contributed by atoms with E-state index < -0.39 is 15.8 Å². The van der Waals surface area contributed by atoms with Gasteiger partial charge in [0, 0.05) is 23.5 Å². The van der Waals surface area contributed by atoms with Crippen LogP contribution in [0.25, 0.3) is 0 Å². The van der Waals surface area contributed by atoms with Crippen LogP contribution in [-0.2, 0) is 9.84 Å². The average molecular weight is 337 g/mol. The summed E-state index contributed by atoms with van der Waals surface area (Å²) in [5, 5.41) is 11.8. The van der Waals surface area contributed by atoms with Crippen LogP contribution in [0, 0.1) is 0 Å². The van der Waals surface area contributed by atoms with Crippen molar-refractivity contribution in [3.05, 3.63) is 22.3 Å². The number of nitrogens with zero attached hydrogens (tertiary/aromatic N) is 1. The first-order valence-electron chi connectivity index (χ1n) is 5.10. The second-order valence-electron chi connectivity index (χ2n) is 3.77. The van der Waals surface area contributed by atoms with Gasteiger partial charge in [-0.2, -0.15) is 0 Å². The van der Waals surface area contributed by atoms with E-state index in [0.29, 0.717) is 17.4 Å². The molecule has 100 valence electrons. The molecule has 6 nitrogen and oxygen atoms in total. The van der Waals surface area contributed by atoms with Crippen LogP contribution in [0.4, 0.5) is 5.82 Å². The van der Waals surface area contributed by atoms with Crippen LogP contribution >= 0.6 is 15.9 Å². The molecule has 0 fully saturated rings. The Bertz CT molecular complexity index is 545. The van der Waals surface area contributed by atoms with Gasteiger partial charge in [0.1, 0.15) is 21.2 Å². The zero-order chi connectivity index (χ0) is 13.8. The van der Waals surface area contributed by atoms with Crippen LogP contribution in [0.15, 0.2) is 16.7 Å². The fraction of sp³-hybridized carbons (Fsp3) is 0.400. The number of carboxylic acid groups (broad SMARTS) is 1. The third kappa shape index (κ3) is 5.01. The third-order valence-electron chi connectivity index (χ3n) is 2.07. The summed E-state index contributed by atoms with van der Waals surface area (Å²) < 4.78 is 22.4. The van der Waals surface area contributed by atoms with E-state index >= 15 is 0 Å². The standard InChI is InChI=1S/C10H13BrN2O4S/c1-18(16,17)4-2-3-12-9-8(10(14)15)5-7(11)6-13-9/h5-6H,2-4H2,1H3,(H,12,13)(H,14,15). The van der Waals surface area contributed by atoms with Crippen molar-refractivity contribution >= 4 is 37.6 Å². The molecule has 2 N–H and O–H groups in total. The average Bonchev–Trinajstić information content (AvgIpc) is 2.24. The first kappa shape index (κ1) is 14.9. The van der Waals surface area contributed by atoms with Gasteiger partial charge < -0.3 is 10.4 Å². The summed E-state index contributed by atoms with van der Waals surface area (Å²) in [6.45, 7) is 0.349. The van der Waals surface area contributed by atoms with Crippen molar-refractivity contribution in [1.82, 2.24) is 4.98 Å². The number of pyridine rings is 1. The molecule has 0 aliphatic heterocycles. The van der Waals surface area contributed by atoms with Crippen molar-refractivity contribution < 1.29 is 18.3 Å². The summed E-state index contributed by atoms with van der Waals surface area (Å²) >= 11 is 3.14. The predicted molar refractivity (Wildman–Crippen MR) is 71.7 cm³/mol. The number of sulfone groups is 1. The lowest BCUT2D eigenvalue weighted by atomic mass is 10.2. The summed E-state index contributed by atoms with van der Waals surface area (Å²) in [7, 11) is -3.00. The molecule has 0 unspecified atom stereocenters. The highest BCUT2D eigenvalue weighted by molar-refractivity contribution is 9.10. The van der Waals surface area contributed by atoms with Gasteiger partial charge in [-0.05, 0) is 28.4 Å². The van der Waals surface area contributed by atoms with E-state index in [-0.39, 0.29) is 17.1 Å². The number of aromatic carboxylic acids is 1. The molecule has 0 radical (unpaired) electrons. The Balaban J connectivity index is 2.65. The largest absolute Gasteiger partial charge is 0.478 e. The Kier molecular flexibility index (Phi) is 5.09. The molecule has 0 saturated heterocycles. The maximum atomic E-state index is 11.0. The summed E-state index contributed by atoms with van der Waals surface area (Å²) in [6, 6.07) is 1.44. The number of anilines is 1. The lowest BCUT2D eigenvalue weighted by Gasteiger charge is -2.08. The molecule has 0 saturated carbocycles. The number of carboxylic acids is 1. The number of carbonyl (C=O) groups is 1. The van der Waals surface area contributed by atoms with Gasteiger partial charge in [0.25, 0.3) is 0 Å². The second kappa shape index (κ2) is 6.14. The number of halogens is 1. The predicted octanol–water partition coefficient (Wildman–Crippen LogP) is 1.39. The maximum Gasteiger partial charge on any atom is 0.339 e. The van der Waals surface area contributed by atoms with Gasteiger partial charge in [-0.1, -0.05) is 0 Å².